The van der Waals surface area contributed by atoms with Gasteiger partial charge in [0.1, 0.15) is 11.4 Å². The molecule has 0 saturated heterocycles. The summed E-state index contributed by atoms with van der Waals surface area (Å²) in [5, 5.41) is 15.5. The highest BCUT2D eigenvalue weighted by molar-refractivity contribution is 6.02. The van der Waals surface area contributed by atoms with Crippen molar-refractivity contribution in [1.82, 2.24) is 0 Å². The number of carbonyl (C=O) groups is 2. The quantitative estimate of drug-likeness (QED) is 0.427. The number of nitro groups is 1. The third-order valence-electron chi connectivity index (χ3n) is 3.40. The third kappa shape index (κ3) is 7.06. The minimum atomic E-state index is -0.709. The van der Waals surface area contributed by atoms with E-state index >= 15 is 0 Å². The highest BCUT2D eigenvalue weighted by atomic mass is 19.1. The molecule has 0 spiro atoms. The number of hydrogen-bond acceptors (Lipinski definition) is 5. The first-order chi connectivity index (χ1) is 13.5. The van der Waals surface area contributed by atoms with Gasteiger partial charge in [-0.3, -0.25) is 20.2 Å². The summed E-state index contributed by atoms with van der Waals surface area (Å²) < 4.78 is 19.1. The molecule has 29 heavy (non-hydrogen) atoms. The molecule has 0 aliphatic carbocycles. The molecule has 0 aromatic heterocycles. The Labute approximate surface area is 166 Å². The average molecular weight is 401 g/mol. The van der Waals surface area contributed by atoms with Gasteiger partial charge in [-0.2, -0.15) is 0 Å². The summed E-state index contributed by atoms with van der Waals surface area (Å²) in [5.41, 5.74) is -0.0779. The van der Waals surface area contributed by atoms with Crippen LogP contribution in [0.25, 0.3) is 6.08 Å². The van der Waals surface area contributed by atoms with E-state index in [1.807, 2.05) is 0 Å². The molecular formula is C20H20FN3O5. The fraction of sp³-hybridized carbons (Fsp3) is 0.200. The Hall–Kier alpha value is -3.75. The Kier molecular flexibility index (Phi) is 6.66. The lowest BCUT2D eigenvalue weighted by Crippen LogP contribution is -2.27. The second kappa shape index (κ2) is 8.96. The van der Waals surface area contributed by atoms with Gasteiger partial charge < -0.3 is 10.1 Å². The van der Waals surface area contributed by atoms with Crippen LogP contribution in [0.1, 0.15) is 26.3 Å². The first kappa shape index (κ1) is 21.5. The van der Waals surface area contributed by atoms with E-state index in [9.17, 15) is 24.1 Å². The molecule has 9 heteroatoms. The van der Waals surface area contributed by atoms with E-state index in [1.54, 1.807) is 20.8 Å². The predicted molar refractivity (Wildman–Crippen MR) is 107 cm³/mol. The van der Waals surface area contributed by atoms with Gasteiger partial charge in [0.05, 0.1) is 10.6 Å². The van der Waals surface area contributed by atoms with Crippen LogP contribution < -0.4 is 10.6 Å². The number of anilines is 2. The third-order valence-corrected chi connectivity index (χ3v) is 3.40. The summed E-state index contributed by atoms with van der Waals surface area (Å²) in [6.07, 6.45) is 1.88. The zero-order valence-electron chi connectivity index (χ0n) is 16.1. The summed E-state index contributed by atoms with van der Waals surface area (Å²) >= 11 is 0. The molecule has 0 heterocycles. The van der Waals surface area contributed by atoms with E-state index in [1.165, 1.54) is 42.5 Å². The van der Waals surface area contributed by atoms with Crippen LogP contribution in [-0.2, 0) is 9.53 Å². The van der Waals surface area contributed by atoms with Gasteiger partial charge in [-0.1, -0.05) is 0 Å². The van der Waals surface area contributed by atoms with E-state index in [4.69, 9.17) is 4.74 Å². The van der Waals surface area contributed by atoms with Gasteiger partial charge in [0.15, 0.2) is 0 Å². The number of hydrogen-bond donors (Lipinski definition) is 2. The van der Waals surface area contributed by atoms with Crippen molar-refractivity contribution in [1.29, 1.82) is 0 Å². The van der Waals surface area contributed by atoms with Gasteiger partial charge in [-0.25, -0.2) is 9.18 Å². The first-order valence-corrected chi connectivity index (χ1v) is 8.56. The van der Waals surface area contributed by atoms with Gasteiger partial charge in [0, 0.05) is 23.9 Å². The van der Waals surface area contributed by atoms with E-state index in [-0.39, 0.29) is 17.1 Å². The summed E-state index contributed by atoms with van der Waals surface area (Å²) in [6, 6.07) is 9.27. The summed E-state index contributed by atoms with van der Waals surface area (Å²) in [6.45, 7) is 5.13. The van der Waals surface area contributed by atoms with Crippen molar-refractivity contribution in [2.75, 3.05) is 10.6 Å². The maximum atomic E-state index is 14.0. The van der Waals surface area contributed by atoms with Crippen molar-refractivity contribution < 1.29 is 23.6 Å². The number of nitrogens with one attached hydrogen (secondary N) is 2. The molecule has 0 fully saturated rings. The summed E-state index contributed by atoms with van der Waals surface area (Å²) in [4.78, 5) is 34.0. The Balaban J connectivity index is 2.03. The minimum Gasteiger partial charge on any atom is -0.444 e. The number of amides is 2. The highest BCUT2D eigenvalue weighted by Gasteiger charge is 2.17. The number of nitrogens with zero attached hydrogens (tertiary/aromatic N) is 1. The minimum absolute atomic E-state index is 0.0667. The Morgan fingerprint density at radius 2 is 1.76 bits per heavy atom. The molecule has 152 valence electrons. The van der Waals surface area contributed by atoms with Gasteiger partial charge in [0.2, 0.25) is 5.91 Å². The zero-order valence-corrected chi connectivity index (χ0v) is 16.1. The van der Waals surface area contributed by atoms with Crippen molar-refractivity contribution in [2.24, 2.45) is 0 Å². The van der Waals surface area contributed by atoms with Crippen LogP contribution in [0, 0.1) is 15.9 Å². The normalized spacial score (nSPS) is 11.2. The SMILES string of the molecule is CC(C)(C)OC(=O)Nc1ccc(F)c(NC(=O)/C=C/c2ccc([N+](=O)[O-])cc2)c1. The lowest BCUT2D eigenvalue weighted by molar-refractivity contribution is -0.384. The van der Waals surface area contributed by atoms with Crippen LogP contribution in [0.15, 0.2) is 48.5 Å². The molecule has 2 aromatic rings. The topological polar surface area (TPSA) is 111 Å². The Morgan fingerprint density at radius 3 is 2.34 bits per heavy atom. The molecule has 0 saturated carbocycles. The molecule has 2 N–H and O–H groups in total. The van der Waals surface area contributed by atoms with Gasteiger partial charge >= 0.3 is 6.09 Å². The molecule has 0 radical (unpaired) electrons. The molecular weight excluding hydrogens is 381 g/mol. The predicted octanol–water partition coefficient (Wildman–Crippen LogP) is 4.73. The van der Waals surface area contributed by atoms with E-state index in [0.29, 0.717) is 5.56 Å². The summed E-state index contributed by atoms with van der Waals surface area (Å²) in [5.74, 6) is -1.30. The largest absolute Gasteiger partial charge is 0.444 e. The molecule has 2 aromatic carbocycles. The number of carbonyl (C=O) groups excluding carboxylic acids is 2. The molecule has 0 unspecified atom stereocenters. The fourth-order valence-corrected chi connectivity index (χ4v) is 2.17. The van der Waals surface area contributed by atoms with Crippen LogP contribution in [0.3, 0.4) is 0 Å². The van der Waals surface area contributed by atoms with Crippen molar-refractivity contribution in [2.45, 2.75) is 26.4 Å². The first-order valence-electron chi connectivity index (χ1n) is 8.56. The molecule has 0 bridgehead atoms. The average Bonchev–Trinajstić information content (AvgIpc) is 2.61. The number of ether oxygens (including phenoxy) is 1. The smallest absolute Gasteiger partial charge is 0.412 e. The van der Waals surface area contributed by atoms with E-state index in [0.717, 1.165) is 12.1 Å². The maximum absolute atomic E-state index is 14.0. The zero-order chi connectivity index (χ0) is 21.6. The maximum Gasteiger partial charge on any atom is 0.412 e. The van der Waals surface area contributed by atoms with Crippen LogP contribution in [0.2, 0.25) is 0 Å². The van der Waals surface area contributed by atoms with Gasteiger partial charge in [-0.05, 0) is 62.7 Å². The molecule has 8 nitrogen and oxygen atoms in total. The standard InChI is InChI=1S/C20H20FN3O5/c1-20(2,3)29-19(26)22-14-7-10-16(21)17(12-14)23-18(25)11-6-13-4-8-15(9-5-13)24(27)28/h4-12H,1-3H3,(H,22,26)(H,23,25)/b11-6+. The Bertz CT molecular complexity index is 950. The second-order valence-corrected chi connectivity index (χ2v) is 6.99. The Morgan fingerprint density at radius 1 is 1.10 bits per heavy atom. The van der Waals surface area contributed by atoms with E-state index < -0.39 is 28.3 Å². The van der Waals surface area contributed by atoms with Crippen molar-refractivity contribution >= 4 is 35.1 Å². The molecule has 0 aliphatic heterocycles. The molecule has 2 rings (SSSR count). The molecule has 2 amide bonds. The van der Waals surface area contributed by atoms with Crippen molar-refractivity contribution in [3.8, 4) is 0 Å². The van der Waals surface area contributed by atoms with Crippen molar-refractivity contribution in [3.63, 3.8) is 0 Å². The van der Waals surface area contributed by atoms with Crippen LogP contribution in [0.4, 0.5) is 26.2 Å². The fourth-order valence-electron chi connectivity index (χ4n) is 2.17. The van der Waals surface area contributed by atoms with E-state index in [2.05, 4.69) is 10.6 Å². The van der Waals surface area contributed by atoms with Gasteiger partial charge in [-0.15, -0.1) is 0 Å². The molecule has 0 aliphatic rings. The lowest BCUT2D eigenvalue weighted by atomic mass is 10.2. The number of rotatable bonds is 5. The van der Waals surface area contributed by atoms with Crippen LogP contribution >= 0.6 is 0 Å². The number of halogens is 1. The highest BCUT2D eigenvalue weighted by Crippen LogP contribution is 2.21. The van der Waals surface area contributed by atoms with Crippen LogP contribution in [-0.4, -0.2) is 22.5 Å². The summed E-state index contributed by atoms with van der Waals surface area (Å²) in [7, 11) is 0. The molecule has 0 atom stereocenters. The van der Waals surface area contributed by atoms with Crippen LogP contribution in [0.5, 0.6) is 0 Å². The number of benzene rings is 2. The van der Waals surface area contributed by atoms with Gasteiger partial charge in [0.25, 0.3) is 5.69 Å². The number of nitro benzene ring substituents is 1. The second-order valence-electron chi connectivity index (χ2n) is 6.99. The monoisotopic (exact) mass is 401 g/mol. The number of non-ortho nitro benzene ring substituents is 1. The lowest BCUT2D eigenvalue weighted by Gasteiger charge is -2.19. The van der Waals surface area contributed by atoms with Crippen molar-refractivity contribution in [3.05, 3.63) is 70.0 Å².